The Morgan fingerprint density at radius 3 is 2.48 bits per heavy atom. The summed E-state index contributed by atoms with van der Waals surface area (Å²) in [6.45, 7) is 1.32. The molecule has 0 aliphatic carbocycles. The van der Waals surface area contributed by atoms with Gasteiger partial charge in [-0.05, 0) is 30.7 Å². The van der Waals surface area contributed by atoms with Gasteiger partial charge in [0.2, 0.25) is 10.9 Å². The average molecular weight is 317 g/mol. The number of hydrogen-bond donors (Lipinski definition) is 2. The average Bonchev–Trinajstić information content (AvgIpc) is 2.86. The second kappa shape index (κ2) is 5.17. The van der Waals surface area contributed by atoms with E-state index in [2.05, 4.69) is 4.42 Å². The third-order valence-corrected chi connectivity index (χ3v) is 3.79. The van der Waals surface area contributed by atoms with Crippen LogP contribution in [0.3, 0.4) is 0 Å². The Hall–Kier alpha value is -2.42. The number of nitrogens with one attached hydrogen (secondary N) is 1. The first-order valence-corrected chi connectivity index (χ1v) is 7.00. The SMILES string of the molecule is Cc1cc(F)c(NS(=O)(=O)c2ccc(C(=O)O)o2)cc1F. The summed E-state index contributed by atoms with van der Waals surface area (Å²) >= 11 is 0. The van der Waals surface area contributed by atoms with E-state index in [1.165, 1.54) is 6.92 Å². The van der Waals surface area contributed by atoms with Crippen molar-refractivity contribution in [2.24, 2.45) is 0 Å². The Morgan fingerprint density at radius 2 is 1.90 bits per heavy atom. The number of anilines is 1. The molecule has 1 aromatic heterocycles. The third kappa shape index (κ3) is 3.02. The molecule has 1 aromatic carbocycles. The van der Waals surface area contributed by atoms with E-state index in [-0.39, 0.29) is 5.56 Å². The molecular formula is C12H9F2NO5S. The molecule has 1 heterocycles. The summed E-state index contributed by atoms with van der Waals surface area (Å²) in [7, 11) is -4.36. The van der Waals surface area contributed by atoms with Gasteiger partial charge in [-0.2, -0.15) is 8.42 Å². The quantitative estimate of drug-likeness (QED) is 0.902. The van der Waals surface area contributed by atoms with Crippen molar-refractivity contribution in [1.29, 1.82) is 0 Å². The second-order valence-electron chi connectivity index (χ2n) is 4.11. The zero-order chi connectivity index (χ0) is 15.8. The highest BCUT2D eigenvalue weighted by atomic mass is 32.2. The lowest BCUT2D eigenvalue weighted by molar-refractivity contribution is 0.0656. The minimum Gasteiger partial charge on any atom is -0.475 e. The number of halogens is 2. The van der Waals surface area contributed by atoms with Gasteiger partial charge in [0.15, 0.2) is 0 Å². The van der Waals surface area contributed by atoms with E-state index in [9.17, 15) is 22.0 Å². The van der Waals surface area contributed by atoms with Gasteiger partial charge in [0.25, 0.3) is 10.0 Å². The lowest BCUT2D eigenvalue weighted by Crippen LogP contribution is -2.13. The molecule has 112 valence electrons. The van der Waals surface area contributed by atoms with Gasteiger partial charge in [-0.15, -0.1) is 0 Å². The van der Waals surface area contributed by atoms with E-state index >= 15 is 0 Å². The van der Waals surface area contributed by atoms with Crippen LogP contribution >= 0.6 is 0 Å². The third-order valence-electron chi connectivity index (χ3n) is 2.55. The molecule has 9 heteroatoms. The van der Waals surface area contributed by atoms with Crippen LogP contribution in [-0.4, -0.2) is 19.5 Å². The van der Waals surface area contributed by atoms with Gasteiger partial charge in [0.1, 0.15) is 11.6 Å². The molecule has 21 heavy (non-hydrogen) atoms. The maximum absolute atomic E-state index is 13.6. The fraction of sp³-hybridized carbons (Fsp3) is 0.0833. The maximum atomic E-state index is 13.6. The fourth-order valence-electron chi connectivity index (χ4n) is 1.50. The van der Waals surface area contributed by atoms with E-state index < -0.39 is 44.2 Å². The summed E-state index contributed by atoms with van der Waals surface area (Å²) in [6.07, 6.45) is 0. The molecule has 0 saturated heterocycles. The molecule has 0 aliphatic heterocycles. The lowest BCUT2D eigenvalue weighted by atomic mass is 10.2. The first-order valence-electron chi connectivity index (χ1n) is 5.52. The number of carbonyl (C=O) groups is 1. The molecule has 0 unspecified atom stereocenters. The number of rotatable bonds is 4. The van der Waals surface area contributed by atoms with Crippen molar-refractivity contribution >= 4 is 21.7 Å². The first-order chi connectivity index (χ1) is 9.70. The summed E-state index contributed by atoms with van der Waals surface area (Å²) in [5, 5.41) is 7.92. The normalized spacial score (nSPS) is 11.4. The van der Waals surface area contributed by atoms with Crippen LogP contribution in [0.4, 0.5) is 14.5 Å². The fourth-order valence-corrected chi connectivity index (χ4v) is 2.49. The predicted molar refractivity (Wildman–Crippen MR) is 67.6 cm³/mol. The Kier molecular flexibility index (Phi) is 3.69. The number of carboxylic acid groups (broad SMARTS) is 1. The van der Waals surface area contributed by atoms with E-state index in [0.29, 0.717) is 6.07 Å². The van der Waals surface area contributed by atoms with Crippen LogP contribution in [0.25, 0.3) is 0 Å². The minimum atomic E-state index is -4.36. The highest BCUT2D eigenvalue weighted by Gasteiger charge is 2.23. The van der Waals surface area contributed by atoms with Crippen LogP contribution in [0.5, 0.6) is 0 Å². The van der Waals surface area contributed by atoms with E-state index in [1.54, 1.807) is 4.72 Å². The molecule has 2 N–H and O–H groups in total. The second-order valence-corrected chi connectivity index (χ2v) is 5.72. The van der Waals surface area contributed by atoms with Crippen molar-refractivity contribution in [2.45, 2.75) is 12.0 Å². The molecule has 0 amide bonds. The van der Waals surface area contributed by atoms with Crippen LogP contribution in [-0.2, 0) is 10.0 Å². The van der Waals surface area contributed by atoms with Crippen molar-refractivity contribution in [3.8, 4) is 0 Å². The van der Waals surface area contributed by atoms with E-state index in [0.717, 1.165) is 18.2 Å². The summed E-state index contributed by atoms with van der Waals surface area (Å²) < 4.78 is 57.1. The Labute approximate surface area is 118 Å². The van der Waals surface area contributed by atoms with Crippen molar-refractivity contribution in [1.82, 2.24) is 0 Å². The van der Waals surface area contributed by atoms with Crippen LogP contribution in [0.1, 0.15) is 16.1 Å². The number of sulfonamides is 1. The van der Waals surface area contributed by atoms with Crippen molar-refractivity contribution in [3.63, 3.8) is 0 Å². The summed E-state index contributed by atoms with van der Waals surface area (Å²) in [5.74, 6) is -3.81. The lowest BCUT2D eigenvalue weighted by Gasteiger charge is -2.08. The number of benzene rings is 1. The molecule has 0 spiro atoms. The first kappa shape index (κ1) is 15.0. The van der Waals surface area contributed by atoms with Gasteiger partial charge in [-0.3, -0.25) is 4.72 Å². The molecule has 0 bridgehead atoms. The van der Waals surface area contributed by atoms with Crippen LogP contribution in [0.2, 0.25) is 0 Å². The molecule has 0 radical (unpaired) electrons. The van der Waals surface area contributed by atoms with Gasteiger partial charge in [0.05, 0.1) is 5.69 Å². The van der Waals surface area contributed by atoms with Crippen LogP contribution < -0.4 is 4.72 Å². The van der Waals surface area contributed by atoms with Gasteiger partial charge in [-0.1, -0.05) is 0 Å². The molecule has 2 aromatic rings. The molecule has 0 fully saturated rings. The molecular weight excluding hydrogens is 308 g/mol. The number of aryl methyl sites for hydroxylation is 1. The standard InChI is InChI=1S/C12H9F2NO5S/c1-6-4-8(14)9(5-7(6)13)15-21(18,19)11-3-2-10(20-11)12(16)17/h2-5,15H,1H3,(H,16,17). The molecule has 6 nitrogen and oxygen atoms in total. The van der Waals surface area contributed by atoms with Crippen LogP contribution in [0, 0.1) is 18.6 Å². The van der Waals surface area contributed by atoms with Gasteiger partial charge in [0, 0.05) is 6.07 Å². The van der Waals surface area contributed by atoms with Crippen molar-refractivity contribution in [2.75, 3.05) is 4.72 Å². The Balaban J connectivity index is 2.37. The highest BCUT2D eigenvalue weighted by molar-refractivity contribution is 7.92. The molecule has 0 saturated carbocycles. The van der Waals surface area contributed by atoms with E-state index in [1.807, 2.05) is 0 Å². The van der Waals surface area contributed by atoms with Crippen molar-refractivity contribution in [3.05, 3.63) is 47.2 Å². The number of hydrogen-bond acceptors (Lipinski definition) is 4. The number of aromatic carboxylic acids is 1. The Bertz CT molecular complexity index is 813. The topological polar surface area (TPSA) is 96.6 Å². The largest absolute Gasteiger partial charge is 0.475 e. The minimum absolute atomic E-state index is 0.0154. The molecule has 2 rings (SSSR count). The van der Waals surface area contributed by atoms with Gasteiger partial charge >= 0.3 is 5.97 Å². The van der Waals surface area contributed by atoms with E-state index in [4.69, 9.17) is 5.11 Å². The van der Waals surface area contributed by atoms with Gasteiger partial charge in [-0.25, -0.2) is 13.6 Å². The number of carboxylic acids is 1. The zero-order valence-corrected chi connectivity index (χ0v) is 11.4. The van der Waals surface area contributed by atoms with Crippen molar-refractivity contribution < 1.29 is 31.5 Å². The summed E-state index contributed by atoms with van der Waals surface area (Å²) in [5.41, 5.74) is -0.590. The highest BCUT2D eigenvalue weighted by Crippen LogP contribution is 2.23. The molecule has 0 atom stereocenters. The smallest absolute Gasteiger partial charge is 0.371 e. The van der Waals surface area contributed by atoms with Gasteiger partial charge < -0.3 is 9.52 Å². The monoisotopic (exact) mass is 317 g/mol. The van der Waals surface area contributed by atoms with Crippen LogP contribution in [0.15, 0.2) is 33.8 Å². The Morgan fingerprint density at radius 1 is 1.24 bits per heavy atom. The summed E-state index contributed by atoms with van der Waals surface area (Å²) in [4.78, 5) is 10.6. The molecule has 0 aliphatic rings. The zero-order valence-electron chi connectivity index (χ0n) is 10.6. The maximum Gasteiger partial charge on any atom is 0.371 e. The number of furan rings is 1. The predicted octanol–water partition coefficient (Wildman–Crippen LogP) is 2.37. The summed E-state index contributed by atoms with van der Waals surface area (Å²) in [6, 6.07) is 3.35.